The Bertz CT molecular complexity index is 1450. The molecule has 1 atom stereocenters. The van der Waals surface area contributed by atoms with Gasteiger partial charge >= 0.3 is 0 Å². The quantitative estimate of drug-likeness (QED) is 0.278. The maximum absolute atomic E-state index is 13.1. The van der Waals surface area contributed by atoms with Crippen molar-refractivity contribution in [2.75, 3.05) is 40.4 Å². The van der Waals surface area contributed by atoms with Crippen molar-refractivity contribution < 1.29 is 14.3 Å². The molecular formula is C33H38N4O3. The van der Waals surface area contributed by atoms with Crippen LogP contribution < -0.4 is 14.8 Å². The standard InChI is InChI=1S/C33H38N4O3/c1-22-15-17-37(18-16-22)21-23(2)20-34-33(38)26-9-14-29-30(19-26)36-32(25-7-12-28(40-4)13-8-25)31(35-29)24-5-10-27(39-3)11-6-24/h5-14,19,22-23H,15-18,20-21H2,1-4H3,(H,34,38). The lowest BCUT2D eigenvalue weighted by atomic mass is 9.98. The summed E-state index contributed by atoms with van der Waals surface area (Å²) >= 11 is 0. The average Bonchev–Trinajstić information content (AvgIpc) is 3.00. The first kappa shape index (κ1) is 27.6. The molecule has 0 spiro atoms. The van der Waals surface area contributed by atoms with Gasteiger partial charge in [-0.25, -0.2) is 9.97 Å². The highest BCUT2D eigenvalue weighted by Crippen LogP contribution is 2.33. The molecule has 7 nitrogen and oxygen atoms in total. The molecule has 1 aliphatic heterocycles. The maximum Gasteiger partial charge on any atom is 0.251 e. The molecule has 1 N–H and O–H groups in total. The summed E-state index contributed by atoms with van der Waals surface area (Å²) in [7, 11) is 3.30. The van der Waals surface area contributed by atoms with Crippen molar-refractivity contribution in [3.63, 3.8) is 0 Å². The summed E-state index contributed by atoms with van der Waals surface area (Å²) in [5, 5.41) is 3.13. The summed E-state index contributed by atoms with van der Waals surface area (Å²) in [6.07, 6.45) is 2.52. The van der Waals surface area contributed by atoms with Crippen LogP contribution in [0, 0.1) is 11.8 Å². The number of likely N-dealkylation sites (tertiary alicyclic amines) is 1. The fourth-order valence-electron chi connectivity index (χ4n) is 5.21. The molecule has 7 heteroatoms. The Kier molecular flexibility index (Phi) is 8.60. The molecule has 1 unspecified atom stereocenters. The second-order valence-electron chi connectivity index (χ2n) is 10.9. The summed E-state index contributed by atoms with van der Waals surface area (Å²) in [6, 6.07) is 21.1. The molecular weight excluding hydrogens is 500 g/mol. The minimum absolute atomic E-state index is 0.0898. The van der Waals surface area contributed by atoms with Crippen molar-refractivity contribution in [3.8, 4) is 34.0 Å². The third kappa shape index (κ3) is 6.42. The Morgan fingerprint density at radius 1 is 0.875 bits per heavy atom. The fourth-order valence-corrected chi connectivity index (χ4v) is 5.21. The number of carbonyl (C=O) groups excluding carboxylic acids is 1. The van der Waals surface area contributed by atoms with Crippen molar-refractivity contribution in [3.05, 3.63) is 72.3 Å². The van der Waals surface area contributed by atoms with Crippen molar-refractivity contribution in [1.82, 2.24) is 20.2 Å². The van der Waals surface area contributed by atoms with Crippen molar-refractivity contribution in [2.24, 2.45) is 11.8 Å². The topological polar surface area (TPSA) is 76.6 Å². The third-order valence-corrected chi connectivity index (χ3v) is 7.71. The first-order valence-corrected chi connectivity index (χ1v) is 14.0. The zero-order chi connectivity index (χ0) is 28.1. The number of methoxy groups -OCH3 is 2. The number of carbonyl (C=O) groups is 1. The van der Waals surface area contributed by atoms with E-state index in [-0.39, 0.29) is 5.91 Å². The van der Waals surface area contributed by atoms with Gasteiger partial charge in [-0.3, -0.25) is 4.79 Å². The predicted octanol–water partition coefficient (Wildman–Crippen LogP) is 6.08. The number of rotatable bonds is 9. The number of hydrogen-bond acceptors (Lipinski definition) is 6. The molecule has 1 amide bonds. The Hall–Kier alpha value is -3.97. The number of nitrogens with zero attached hydrogens (tertiary/aromatic N) is 3. The SMILES string of the molecule is COc1ccc(-c2nc3ccc(C(=O)NCC(C)CN4CCC(C)CC4)cc3nc2-c2ccc(OC)cc2)cc1. The number of aromatic nitrogens is 2. The number of amides is 1. The molecule has 1 aromatic heterocycles. The number of hydrogen-bond donors (Lipinski definition) is 1. The molecule has 5 rings (SSSR count). The molecule has 0 saturated carbocycles. The Morgan fingerprint density at radius 2 is 1.43 bits per heavy atom. The molecule has 0 radical (unpaired) electrons. The molecule has 0 aliphatic carbocycles. The van der Waals surface area contributed by atoms with Crippen LogP contribution in [0.4, 0.5) is 0 Å². The smallest absolute Gasteiger partial charge is 0.251 e. The van der Waals surface area contributed by atoms with Gasteiger partial charge < -0.3 is 19.7 Å². The van der Waals surface area contributed by atoms with Gasteiger partial charge in [0.25, 0.3) is 5.91 Å². The second kappa shape index (κ2) is 12.5. The number of piperidine rings is 1. The predicted molar refractivity (Wildman–Crippen MR) is 160 cm³/mol. The van der Waals surface area contributed by atoms with Gasteiger partial charge in [0.15, 0.2) is 0 Å². The highest BCUT2D eigenvalue weighted by molar-refractivity contribution is 5.98. The lowest BCUT2D eigenvalue weighted by molar-refractivity contribution is 0.0941. The molecule has 1 fully saturated rings. The van der Waals surface area contributed by atoms with Gasteiger partial charge in [0.1, 0.15) is 11.5 Å². The van der Waals surface area contributed by atoms with Gasteiger partial charge in [-0.05, 0) is 104 Å². The van der Waals surface area contributed by atoms with E-state index in [0.717, 1.165) is 65.1 Å². The summed E-state index contributed by atoms with van der Waals surface area (Å²) in [5.41, 5.74) is 5.33. The van der Waals surface area contributed by atoms with E-state index in [2.05, 4.69) is 24.1 Å². The van der Waals surface area contributed by atoms with Gasteiger partial charge in [0.05, 0.1) is 36.6 Å². The Balaban J connectivity index is 1.39. The van der Waals surface area contributed by atoms with Crippen LogP contribution in [0.5, 0.6) is 11.5 Å². The van der Waals surface area contributed by atoms with E-state index in [0.29, 0.717) is 23.5 Å². The summed E-state index contributed by atoms with van der Waals surface area (Å²) in [5.74, 6) is 2.66. The van der Waals surface area contributed by atoms with Crippen LogP contribution >= 0.6 is 0 Å². The van der Waals surface area contributed by atoms with Crippen molar-refractivity contribution in [2.45, 2.75) is 26.7 Å². The average molecular weight is 539 g/mol. The number of fused-ring (bicyclic) bond motifs is 1. The molecule has 1 aliphatic rings. The minimum Gasteiger partial charge on any atom is -0.497 e. The van der Waals surface area contributed by atoms with Crippen LogP contribution in [0.3, 0.4) is 0 Å². The van der Waals surface area contributed by atoms with E-state index < -0.39 is 0 Å². The highest BCUT2D eigenvalue weighted by atomic mass is 16.5. The molecule has 0 bridgehead atoms. The zero-order valence-electron chi connectivity index (χ0n) is 23.8. The van der Waals surface area contributed by atoms with Gasteiger partial charge in [0.2, 0.25) is 0 Å². The van der Waals surface area contributed by atoms with Gasteiger partial charge in [-0.15, -0.1) is 0 Å². The number of nitrogens with one attached hydrogen (secondary N) is 1. The first-order valence-electron chi connectivity index (χ1n) is 14.0. The van der Waals surface area contributed by atoms with Crippen molar-refractivity contribution >= 4 is 16.9 Å². The van der Waals surface area contributed by atoms with E-state index in [1.165, 1.54) is 12.8 Å². The monoisotopic (exact) mass is 538 g/mol. The molecule has 4 aromatic rings. The van der Waals surface area contributed by atoms with Crippen LogP contribution in [-0.2, 0) is 0 Å². The van der Waals surface area contributed by atoms with Crippen molar-refractivity contribution in [1.29, 1.82) is 0 Å². The second-order valence-corrected chi connectivity index (χ2v) is 10.9. The third-order valence-electron chi connectivity index (χ3n) is 7.71. The number of ether oxygens (including phenoxy) is 2. The molecule has 3 aromatic carbocycles. The van der Waals surface area contributed by atoms with E-state index >= 15 is 0 Å². The fraction of sp³-hybridized carbons (Fsp3) is 0.364. The summed E-state index contributed by atoms with van der Waals surface area (Å²) < 4.78 is 10.7. The minimum atomic E-state index is -0.0898. The largest absolute Gasteiger partial charge is 0.497 e. The van der Waals surface area contributed by atoms with E-state index in [9.17, 15) is 4.79 Å². The van der Waals surface area contributed by atoms with Gasteiger partial charge in [-0.2, -0.15) is 0 Å². The Labute approximate surface area is 236 Å². The zero-order valence-corrected chi connectivity index (χ0v) is 23.8. The lowest BCUT2D eigenvalue weighted by Gasteiger charge is -2.32. The summed E-state index contributed by atoms with van der Waals surface area (Å²) in [6.45, 7) is 8.48. The normalized spacial score (nSPS) is 15.1. The van der Waals surface area contributed by atoms with Crippen LogP contribution in [0.2, 0.25) is 0 Å². The van der Waals surface area contributed by atoms with E-state index in [1.807, 2.05) is 66.7 Å². The van der Waals surface area contributed by atoms with Gasteiger partial charge in [0, 0.05) is 29.8 Å². The van der Waals surface area contributed by atoms with E-state index in [4.69, 9.17) is 19.4 Å². The van der Waals surface area contributed by atoms with E-state index in [1.54, 1.807) is 14.2 Å². The number of benzene rings is 3. The van der Waals surface area contributed by atoms with Crippen LogP contribution in [-0.4, -0.2) is 61.2 Å². The molecule has 1 saturated heterocycles. The molecule has 2 heterocycles. The molecule has 208 valence electrons. The first-order chi connectivity index (χ1) is 19.4. The van der Waals surface area contributed by atoms with Crippen LogP contribution in [0.25, 0.3) is 33.5 Å². The maximum atomic E-state index is 13.1. The lowest BCUT2D eigenvalue weighted by Crippen LogP contribution is -2.39. The Morgan fingerprint density at radius 3 is 1.98 bits per heavy atom. The van der Waals surface area contributed by atoms with Crippen LogP contribution in [0.15, 0.2) is 66.7 Å². The van der Waals surface area contributed by atoms with Gasteiger partial charge in [-0.1, -0.05) is 13.8 Å². The van der Waals surface area contributed by atoms with Crippen LogP contribution in [0.1, 0.15) is 37.0 Å². The highest BCUT2D eigenvalue weighted by Gasteiger charge is 2.19. The summed E-state index contributed by atoms with van der Waals surface area (Å²) in [4.78, 5) is 25.6. The molecule has 40 heavy (non-hydrogen) atoms.